The molecule has 2 aliphatic rings. The van der Waals surface area contributed by atoms with E-state index in [1.165, 1.54) is 42.4 Å². The van der Waals surface area contributed by atoms with Gasteiger partial charge in [-0.05, 0) is 61.1 Å². The molecule has 0 saturated heterocycles. The topological polar surface area (TPSA) is 37.3 Å². The SMILES string of the molecule is O=C(O)C1CCCCC1Cc1ccc2c(c1)CCC2. The number of aliphatic carboxylic acids is 1. The van der Waals surface area contributed by atoms with Crippen molar-refractivity contribution in [1.29, 1.82) is 0 Å². The van der Waals surface area contributed by atoms with E-state index in [1.807, 2.05) is 0 Å². The molecule has 19 heavy (non-hydrogen) atoms. The minimum atomic E-state index is -0.592. The molecule has 2 unspecified atom stereocenters. The Morgan fingerprint density at radius 3 is 2.74 bits per heavy atom. The van der Waals surface area contributed by atoms with Crippen LogP contribution in [-0.2, 0) is 24.1 Å². The van der Waals surface area contributed by atoms with Gasteiger partial charge in [-0.15, -0.1) is 0 Å². The predicted octanol–water partition coefficient (Wildman–Crippen LogP) is 3.61. The number of rotatable bonds is 3. The maximum absolute atomic E-state index is 11.3. The Hall–Kier alpha value is -1.31. The molecule has 0 radical (unpaired) electrons. The Bertz CT molecular complexity index is 478. The highest BCUT2D eigenvalue weighted by molar-refractivity contribution is 5.70. The number of benzene rings is 1. The Balaban J connectivity index is 1.74. The summed E-state index contributed by atoms with van der Waals surface area (Å²) in [5.74, 6) is -0.376. The molecule has 1 saturated carbocycles. The number of fused-ring (bicyclic) bond motifs is 1. The third kappa shape index (κ3) is 2.68. The largest absolute Gasteiger partial charge is 0.481 e. The molecule has 0 amide bonds. The highest BCUT2D eigenvalue weighted by Crippen LogP contribution is 2.33. The fourth-order valence-corrected chi connectivity index (χ4v) is 3.83. The maximum Gasteiger partial charge on any atom is 0.306 e. The van der Waals surface area contributed by atoms with Crippen LogP contribution in [0.3, 0.4) is 0 Å². The van der Waals surface area contributed by atoms with Gasteiger partial charge < -0.3 is 5.11 Å². The molecule has 2 atom stereocenters. The van der Waals surface area contributed by atoms with Crippen LogP contribution in [-0.4, -0.2) is 11.1 Å². The van der Waals surface area contributed by atoms with E-state index < -0.39 is 5.97 Å². The molecule has 0 heterocycles. The molecule has 1 aromatic carbocycles. The number of hydrogen-bond donors (Lipinski definition) is 1. The van der Waals surface area contributed by atoms with Gasteiger partial charge in [-0.1, -0.05) is 31.0 Å². The molecule has 3 rings (SSSR count). The zero-order chi connectivity index (χ0) is 13.2. The Morgan fingerprint density at radius 1 is 1.11 bits per heavy atom. The normalized spacial score (nSPS) is 26.1. The van der Waals surface area contributed by atoms with Gasteiger partial charge in [-0.3, -0.25) is 4.79 Å². The van der Waals surface area contributed by atoms with Gasteiger partial charge in [0.15, 0.2) is 0 Å². The zero-order valence-corrected chi connectivity index (χ0v) is 11.4. The van der Waals surface area contributed by atoms with Crippen LogP contribution in [0.1, 0.15) is 48.8 Å². The molecule has 0 spiro atoms. The molecule has 0 bridgehead atoms. The number of hydrogen-bond acceptors (Lipinski definition) is 1. The van der Waals surface area contributed by atoms with Crippen molar-refractivity contribution in [2.75, 3.05) is 0 Å². The zero-order valence-electron chi connectivity index (χ0n) is 11.4. The second-order valence-electron chi connectivity index (χ2n) is 6.15. The molecule has 102 valence electrons. The standard InChI is InChI=1S/C17H22O2/c18-17(19)16-7-2-1-4-15(16)11-12-8-9-13-5-3-6-14(13)10-12/h8-10,15-16H,1-7,11H2,(H,18,19). The number of carboxylic acid groups (broad SMARTS) is 1. The summed E-state index contributed by atoms with van der Waals surface area (Å²) in [5.41, 5.74) is 4.35. The van der Waals surface area contributed by atoms with Crippen molar-refractivity contribution in [3.05, 3.63) is 34.9 Å². The molecule has 2 aliphatic carbocycles. The highest BCUT2D eigenvalue weighted by Gasteiger charge is 2.30. The van der Waals surface area contributed by atoms with Gasteiger partial charge in [0, 0.05) is 0 Å². The average Bonchev–Trinajstić information content (AvgIpc) is 2.86. The van der Waals surface area contributed by atoms with E-state index in [0.717, 1.165) is 25.7 Å². The van der Waals surface area contributed by atoms with Crippen molar-refractivity contribution in [3.8, 4) is 0 Å². The number of carboxylic acids is 1. The number of carbonyl (C=O) groups is 1. The van der Waals surface area contributed by atoms with E-state index in [9.17, 15) is 9.90 Å². The van der Waals surface area contributed by atoms with Crippen LogP contribution in [0.2, 0.25) is 0 Å². The Labute approximate surface area is 114 Å². The monoisotopic (exact) mass is 258 g/mol. The summed E-state index contributed by atoms with van der Waals surface area (Å²) in [7, 11) is 0. The summed E-state index contributed by atoms with van der Waals surface area (Å²) in [5, 5.41) is 9.34. The summed E-state index contributed by atoms with van der Waals surface area (Å²) >= 11 is 0. The van der Waals surface area contributed by atoms with Crippen LogP contribution >= 0.6 is 0 Å². The van der Waals surface area contributed by atoms with Gasteiger partial charge in [0.05, 0.1) is 5.92 Å². The second-order valence-corrected chi connectivity index (χ2v) is 6.15. The van der Waals surface area contributed by atoms with Crippen molar-refractivity contribution in [1.82, 2.24) is 0 Å². The van der Waals surface area contributed by atoms with Crippen LogP contribution in [0, 0.1) is 11.8 Å². The second kappa shape index (κ2) is 5.36. The smallest absolute Gasteiger partial charge is 0.306 e. The molecule has 0 aromatic heterocycles. The lowest BCUT2D eigenvalue weighted by molar-refractivity contribution is -0.144. The third-order valence-electron chi connectivity index (χ3n) is 4.89. The van der Waals surface area contributed by atoms with Crippen LogP contribution in [0.25, 0.3) is 0 Å². The van der Waals surface area contributed by atoms with E-state index in [2.05, 4.69) is 18.2 Å². The molecular formula is C17H22O2. The molecule has 2 heteroatoms. The van der Waals surface area contributed by atoms with Gasteiger partial charge in [-0.25, -0.2) is 0 Å². The maximum atomic E-state index is 11.3. The molecule has 0 aliphatic heterocycles. The third-order valence-corrected chi connectivity index (χ3v) is 4.89. The summed E-state index contributed by atoms with van der Waals surface area (Å²) in [6, 6.07) is 6.81. The van der Waals surface area contributed by atoms with Gasteiger partial charge in [0.25, 0.3) is 0 Å². The molecule has 1 fully saturated rings. The van der Waals surface area contributed by atoms with Crippen LogP contribution in [0.5, 0.6) is 0 Å². The van der Waals surface area contributed by atoms with E-state index in [1.54, 1.807) is 0 Å². The van der Waals surface area contributed by atoms with Crippen LogP contribution in [0.4, 0.5) is 0 Å². The summed E-state index contributed by atoms with van der Waals surface area (Å²) in [6.07, 6.45) is 8.87. The molecule has 1 N–H and O–H groups in total. The van der Waals surface area contributed by atoms with Crippen molar-refractivity contribution in [3.63, 3.8) is 0 Å². The lowest BCUT2D eigenvalue weighted by Gasteiger charge is -2.28. The quantitative estimate of drug-likeness (QED) is 0.899. The first kappa shape index (κ1) is 12.7. The first-order chi connectivity index (χ1) is 9.24. The van der Waals surface area contributed by atoms with Gasteiger partial charge in [-0.2, -0.15) is 0 Å². The first-order valence-corrected chi connectivity index (χ1v) is 7.57. The van der Waals surface area contributed by atoms with E-state index in [4.69, 9.17) is 0 Å². The van der Waals surface area contributed by atoms with Crippen molar-refractivity contribution in [2.45, 2.75) is 51.4 Å². The van der Waals surface area contributed by atoms with Gasteiger partial charge in [0.1, 0.15) is 0 Å². The van der Waals surface area contributed by atoms with Crippen molar-refractivity contribution < 1.29 is 9.90 Å². The van der Waals surface area contributed by atoms with Crippen LogP contribution in [0.15, 0.2) is 18.2 Å². The van der Waals surface area contributed by atoms with Gasteiger partial charge >= 0.3 is 5.97 Å². The summed E-state index contributed by atoms with van der Waals surface area (Å²) in [6.45, 7) is 0. The predicted molar refractivity (Wildman–Crippen MR) is 75.3 cm³/mol. The fraction of sp³-hybridized carbons (Fsp3) is 0.588. The van der Waals surface area contributed by atoms with E-state index in [0.29, 0.717) is 5.92 Å². The van der Waals surface area contributed by atoms with Crippen molar-refractivity contribution in [2.24, 2.45) is 11.8 Å². The molecule has 1 aromatic rings. The van der Waals surface area contributed by atoms with Gasteiger partial charge in [0.2, 0.25) is 0 Å². The Kier molecular flexibility index (Phi) is 3.58. The van der Waals surface area contributed by atoms with E-state index in [-0.39, 0.29) is 5.92 Å². The summed E-state index contributed by atoms with van der Waals surface area (Å²) in [4.78, 5) is 11.3. The minimum Gasteiger partial charge on any atom is -0.481 e. The average molecular weight is 258 g/mol. The first-order valence-electron chi connectivity index (χ1n) is 7.57. The molecule has 2 nitrogen and oxygen atoms in total. The lowest BCUT2D eigenvalue weighted by Crippen LogP contribution is -2.28. The van der Waals surface area contributed by atoms with Crippen LogP contribution < -0.4 is 0 Å². The van der Waals surface area contributed by atoms with Crippen molar-refractivity contribution >= 4 is 5.97 Å². The fourth-order valence-electron chi connectivity index (χ4n) is 3.83. The minimum absolute atomic E-state index is 0.123. The number of aryl methyl sites for hydroxylation is 2. The lowest BCUT2D eigenvalue weighted by atomic mass is 9.76. The highest BCUT2D eigenvalue weighted by atomic mass is 16.4. The summed E-state index contributed by atoms with van der Waals surface area (Å²) < 4.78 is 0. The van der Waals surface area contributed by atoms with E-state index >= 15 is 0 Å². The Morgan fingerprint density at radius 2 is 1.89 bits per heavy atom. The molecular weight excluding hydrogens is 236 g/mol.